The van der Waals surface area contributed by atoms with Gasteiger partial charge in [-0.25, -0.2) is 4.39 Å². The number of halogens is 1. The molecule has 1 heterocycles. The van der Waals surface area contributed by atoms with Crippen LogP contribution in [-0.2, 0) is 11.2 Å². The Bertz CT molecular complexity index is 782. The average molecular weight is 370 g/mol. The molecular weight excluding hydrogens is 346 g/mol. The van der Waals surface area contributed by atoms with E-state index >= 15 is 0 Å². The van der Waals surface area contributed by atoms with Crippen LogP contribution in [0, 0.1) is 5.82 Å². The largest absolute Gasteiger partial charge is 0.392 e. The van der Waals surface area contributed by atoms with Crippen molar-refractivity contribution in [3.05, 3.63) is 65.3 Å². The maximum Gasteiger partial charge on any atom is 0.200 e. The van der Waals surface area contributed by atoms with E-state index in [0.717, 1.165) is 11.1 Å². The maximum absolute atomic E-state index is 13.1. The fraction of sp³-hybridized carbons (Fsp3) is 0.350. The van der Waals surface area contributed by atoms with Crippen molar-refractivity contribution < 1.29 is 19.3 Å². The summed E-state index contributed by atoms with van der Waals surface area (Å²) in [6.45, 7) is 7.44. The Labute approximate surface area is 160 Å². The fourth-order valence-electron chi connectivity index (χ4n) is 2.51. The van der Waals surface area contributed by atoms with Gasteiger partial charge < -0.3 is 20.3 Å². The molecule has 5 nitrogen and oxygen atoms in total. The summed E-state index contributed by atoms with van der Waals surface area (Å²) in [5.41, 5.74) is 3.25. The lowest BCUT2D eigenvalue weighted by Gasteiger charge is -2.22. The van der Waals surface area contributed by atoms with Gasteiger partial charge in [-0.1, -0.05) is 24.2 Å². The summed E-state index contributed by atoms with van der Waals surface area (Å²) in [5, 5.41) is 22.6. The zero-order valence-corrected chi connectivity index (χ0v) is 15.6. The highest BCUT2D eigenvalue weighted by Crippen LogP contribution is 2.23. The maximum atomic E-state index is 13.1. The van der Waals surface area contributed by atoms with Crippen molar-refractivity contribution >= 4 is 19.0 Å². The fourth-order valence-corrected chi connectivity index (χ4v) is 2.51. The van der Waals surface area contributed by atoms with Gasteiger partial charge in [0.1, 0.15) is 19.4 Å². The summed E-state index contributed by atoms with van der Waals surface area (Å²) >= 11 is 0. The summed E-state index contributed by atoms with van der Waals surface area (Å²) in [4.78, 5) is 4.33. The first-order valence-electron chi connectivity index (χ1n) is 8.68. The van der Waals surface area contributed by atoms with Gasteiger partial charge in [0.25, 0.3) is 0 Å². The number of anilines is 1. The first-order valence-corrected chi connectivity index (χ1v) is 8.68. The molecule has 1 aromatic heterocycles. The van der Waals surface area contributed by atoms with Crippen LogP contribution in [0.1, 0.15) is 37.0 Å². The van der Waals surface area contributed by atoms with Crippen LogP contribution in [0.15, 0.2) is 42.6 Å². The van der Waals surface area contributed by atoms with E-state index in [4.69, 9.17) is 17.7 Å². The van der Waals surface area contributed by atoms with E-state index in [1.54, 1.807) is 32.2 Å². The van der Waals surface area contributed by atoms with Crippen LogP contribution in [0.3, 0.4) is 0 Å². The van der Waals surface area contributed by atoms with E-state index in [2.05, 4.69) is 16.9 Å². The Hall–Kier alpha value is -2.22. The van der Waals surface area contributed by atoms with Gasteiger partial charge in [0.15, 0.2) is 0 Å². The smallest absolute Gasteiger partial charge is 0.200 e. The number of benzene rings is 1. The molecule has 2 rings (SSSR count). The van der Waals surface area contributed by atoms with Crippen LogP contribution in [0.2, 0.25) is 0 Å². The Morgan fingerprint density at radius 2 is 2.00 bits per heavy atom. The minimum atomic E-state index is -1.25. The zero-order valence-electron chi connectivity index (χ0n) is 15.6. The van der Waals surface area contributed by atoms with Gasteiger partial charge in [0.2, 0.25) is 6.29 Å². The zero-order chi connectivity index (χ0) is 20.0. The minimum absolute atomic E-state index is 0.171. The van der Waals surface area contributed by atoms with Crippen LogP contribution in [-0.4, -0.2) is 42.3 Å². The Morgan fingerprint density at radius 1 is 1.33 bits per heavy atom. The lowest BCUT2D eigenvalue weighted by molar-refractivity contribution is -0.131. The first kappa shape index (κ1) is 21.1. The quantitative estimate of drug-likeness (QED) is 0.358. The summed E-state index contributed by atoms with van der Waals surface area (Å²) in [7, 11) is 6.32. The van der Waals surface area contributed by atoms with Crippen LogP contribution < -0.4 is 10.8 Å². The second kappa shape index (κ2) is 9.64. The average Bonchev–Trinajstić information content (AvgIpc) is 2.63. The number of aliphatic hydroxyl groups is 2. The molecule has 0 aliphatic carbocycles. The molecule has 0 aliphatic rings. The number of aromatic nitrogens is 1. The molecule has 0 fully saturated rings. The summed E-state index contributed by atoms with van der Waals surface area (Å²) < 4.78 is 18.5. The molecule has 1 atom stereocenters. The number of nitrogens with one attached hydrogen (secondary N) is 1. The van der Waals surface area contributed by atoms with Crippen molar-refractivity contribution in [1.29, 1.82) is 0 Å². The predicted molar refractivity (Wildman–Crippen MR) is 105 cm³/mol. The van der Waals surface area contributed by atoms with Gasteiger partial charge in [-0.2, -0.15) is 0 Å². The van der Waals surface area contributed by atoms with Crippen LogP contribution in [0.4, 0.5) is 10.1 Å². The molecule has 0 spiro atoms. The molecule has 142 valence electrons. The Kier molecular flexibility index (Phi) is 7.53. The molecule has 2 radical (unpaired) electrons. The monoisotopic (exact) mass is 370 g/mol. The molecule has 0 saturated carbocycles. The van der Waals surface area contributed by atoms with E-state index in [9.17, 15) is 9.50 Å². The highest BCUT2D eigenvalue weighted by molar-refractivity contribution is 6.37. The molecular formula is C20H24BFN2O3. The van der Waals surface area contributed by atoms with Crippen LogP contribution in [0.25, 0.3) is 0 Å². The van der Waals surface area contributed by atoms with Gasteiger partial charge in [-0.05, 0) is 49.1 Å². The molecule has 1 aromatic carbocycles. The van der Waals surface area contributed by atoms with E-state index in [0.29, 0.717) is 23.1 Å². The van der Waals surface area contributed by atoms with Gasteiger partial charge in [-0.15, -0.1) is 0 Å². The van der Waals surface area contributed by atoms with Gasteiger partial charge in [-0.3, -0.25) is 4.98 Å². The van der Waals surface area contributed by atoms with Gasteiger partial charge in [0.05, 0.1) is 18.4 Å². The number of aliphatic hydroxyl groups excluding tert-OH is 2. The topological polar surface area (TPSA) is 74.6 Å². The molecule has 7 heteroatoms. The van der Waals surface area contributed by atoms with E-state index in [-0.39, 0.29) is 30.8 Å². The van der Waals surface area contributed by atoms with Crippen molar-refractivity contribution in [2.24, 2.45) is 0 Å². The van der Waals surface area contributed by atoms with Crippen molar-refractivity contribution in [2.45, 2.75) is 32.7 Å². The van der Waals surface area contributed by atoms with E-state index < -0.39 is 6.29 Å². The Balaban J connectivity index is 2.35. The van der Waals surface area contributed by atoms with Crippen molar-refractivity contribution in [1.82, 2.24) is 4.98 Å². The number of ether oxygens (including phenoxy) is 1. The second-order valence-corrected chi connectivity index (χ2v) is 6.56. The summed E-state index contributed by atoms with van der Waals surface area (Å²) in [6.07, 6.45) is 0.572. The number of pyridine rings is 1. The molecule has 1 unspecified atom stereocenters. The lowest BCUT2D eigenvalue weighted by atomic mass is 9.86. The van der Waals surface area contributed by atoms with E-state index in [1.165, 1.54) is 12.1 Å². The normalized spacial score (nSPS) is 12.2. The molecule has 0 saturated heterocycles. The number of hydrogen-bond donors (Lipinski definition) is 3. The molecule has 3 N–H and O–H groups in total. The second-order valence-electron chi connectivity index (χ2n) is 6.56. The standard InChI is InChI=1S/C20H24BFN2O3/c1-12(2)27-20(26)19-18(23-9-13(3)11-25)17(21)15(10-24-19)8-14-4-6-16(22)7-5-14/h4-7,10,12,20,23,25-26H,3,8-9,11H2,1-2H3. The highest BCUT2D eigenvalue weighted by atomic mass is 19.1. The first-order chi connectivity index (χ1) is 12.8. The van der Waals surface area contributed by atoms with Crippen molar-refractivity contribution in [2.75, 3.05) is 18.5 Å². The number of hydrogen-bond acceptors (Lipinski definition) is 5. The van der Waals surface area contributed by atoms with Crippen LogP contribution in [0.5, 0.6) is 0 Å². The van der Waals surface area contributed by atoms with Gasteiger partial charge in [0, 0.05) is 12.7 Å². The number of rotatable bonds is 9. The third-order valence-corrected chi connectivity index (χ3v) is 3.91. The van der Waals surface area contributed by atoms with Crippen molar-refractivity contribution in [3.8, 4) is 0 Å². The molecule has 27 heavy (non-hydrogen) atoms. The molecule has 0 aliphatic heterocycles. The van der Waals surface area contributed by atoms with Gasteiger partial charge >= 0.3 is 0 Å². The SMILES string of the molecule is [B]c1c(Cc2ccc(F)cc2)cnc(C(O)OC(C)C)c1NCC(=C)CO. The third-order valence-electron chi connectivity index (χ3n) is 3.91. The summed E-state index contributed by atoms with van der Waals surface area (Å²) in [5.74, 6) is -0.306. The lowest BCUT2D eigenvalue weighted by Crippen LogP contribution is -2.25. The number of nitrogens with zero attached hydrogens (tertiary/aromatic N) is 1. The molecule has 0 bridgehead atoms. The summed E-state index contributed by atoms with van der Waals surface area (Å²) in [6, 6.07) is 6.14. The molecule has 0 amide bonds. The highest BCUT2D eigenvalue weighted by Gasteiger charge is 2.19. The van der Waals surface area contributed by atoms with Crippen molar-refractivity contribution in [3.63, 3.8) is 0 Å². The third kappa shape index (κ3) is 5.89. The van der Waals surface area contributed by atoms with Crippen LogP contribution >= 0.6 is 0 Å². The molecule has 2 aromatic rings. The predicted octanol–water partition coefficient (Wildman–Crippen LogP) is 1.98. The van der Waals surface area contributed by atoms with E-state index in [1.807, 2.05) is 0 Å². The minimum Gasteiger partial charge on any atom is -0.392 e. The Morgan fingerprint density at radius 3 is 2.59 bits per heavy atom.